The Morgan fingerprint density at radius 2 is 2.19 bits per heavy atom. The Morgan fingerprint density at radius 3 is 2.89 bits per heavy atom. The first-order valence-electron chi connectivity index (χ1n) is 8.71. The highest BCUT2D eigenvalue weighted by Gasteiger charge is 2.42. The Morgan fingerprint density at radius 1 is 1.41 bits per heavy atom. The largest absolute Gasteiger partial charge is 0.480 e. The Bertz CT molecular complexity index is 802. The number of carboxylic acid groups (broad SMARTS) is 1. The van der Waals surface area contributed by atoms with Gasteiger partial charge in [0.15, 0.2) is 11.5 Å². The molecule has 1 aliphatic rings. The molecular weight excluding hydrogens is 372 g/mol. The first-order chi connectivity index (χ1) is 12.9. The number of carbonyl (C=O) groups is 1. The van der Waals surface area contributed by atoms with E-state index in [-0.39, 0.29) is 12.0 Å². The van der Waals surface area contributed by atoms with Crippen LogP contribution in [0.4, 0.5) is 5.82 Å². The molecule has 0 bridgehead atoms. The van der Waals surface area contributed by atoms with E-state index < -0.39 is 24.2 Å². The molecule has 10 nitrogen and oxygen atoms in total. The van der Waals surface area contributed by atoms with Gasteiger partial charge in [-0.25, -0.2) is 15.0 Å². The summed E-state index contributed by atoms with van der Waals surface area (Å²) in [7, 11) is 1.75. The quantitative estimate of drug-likeness (QED) is 0.374. The first kappa shape index (κ1) is 19.8. The minimum atomic E-state index is -1.01. The van der Waals surface area contributed by atoms with Crippen molar-refractivity contribution in [3.05, 3.63) is 12.7 Å². The van der Waals surface area contributed by atoms with Crippen LogP contribution in [0.15, 0.2) is 12.7 Å². The molecule has 2 aromatic rings. The molecule has 1 fully saturated rings. The average molecular weight is 396 g/mol. The third-order valence-corrected chi connectivity index (χ3v) is 6.13. The summed E-state index contributed by atoms with van der Waals surface area (Å²) >= 11 is 1.54. The molecule has 0 aliphatic heterocycles. The van der Waals surface area contributed by atoms with E-state index in [1.807, 2.05) is 0 Å². The predicted octanol–water partition coefficient (Wildman–Crippen LogP) is -0.314. The van der Waals surface area contributed by atoms with Gasteiger partial charge in [-0.3, -0.25) is 4.79 Å². The zero-order chi connectivity index (χ0) is 19.6. The van der Waals surface area contributed by atoms with Gasteiger partial charge in [0.1, 0.15) is 24.0 Å². The van der Waals surface area contributed by atoms with Crippen molar-refractivity contribution in [2.75, 3.05) is 23.9 Å². The topological polar surface area (TPSA) is 159 Å². The van der Waals surface area contributed by atoms with E-state index >= 15 is 0 Å². The zero-order valence-electron chi connectivity index (χ0n) is 14.9. The van der Waals surface area contributed by atoms with Gasteiger partial charge in [0.2, 0.25) is 0 Å². The van der Waals surface area contributed by atoms with Crippen molar-refractivity contribution in [2.45, 2.75) is 37.1 Å². The number of nitrogens with zero attached hydrogens (tertiary/aromatic N) is 4. The Labute approximate surface area is 160 Å². The smallest absolute Gasteiger partial charge is 0.320 e. The highest BCUT2D eigenvalue weighted by molar-refractivity contribution is 7.99. The molecular formula is C16H24N6O4S. The molecule has 0 saturated heterocycles. The maximum atomic E-state index is 10.7. The lowest BCUT2D eigenvalue weighted by Crippen LogP contribution is -2.31. The maximum absolute atomic E-state index is 10.7. The summed E-state index contributed by atoms with van der Waals surface area (Å²) < 4.78 is 1.79. The third-order valence-electron chi connectivity index (χ3n) is 4.95. The highest BCUT2D eigenvalue weighted by atomic mass is 32.2. The molecule has 1 saturated carbocycles. The van der Waals surface area contributed by atoms with Crippen molar-refractivity contribution in [3.8, 4) is 0 Å². The number of aliphatic carboxylic acids is 1. The van der Waals surface area contributed by atoms with E-state index in [1.165, 1.54) is 18.1 Å². The molecule has 11 heteroatoms. The van der Waals surface area contributed by atoms with Gasteiger partial charge < -0.3 is 30.9 Å². The lowest BCUT2D eigenvalue weighted by Gasteiger charge is -2.18. The highest BCUT2D eigenvalue weighted by Crippen LogP contribution is 2.38. The van der Waals surface area contributed by atoms with E-state index in [2.05, 4.69) is 20.3 Å². The van der Waals surface area contributed by atoms with Crippen LogP contribution in [0.2, 0.25) is 0 Å². The van der Waals surface area contributed by atoms with Crippen LogP contribution in [-0.4, -0.2) is 77.6 Å². The molecule has 0 radical (unpaired) electrons. The summed E-state index contributed by atoms with van der Waals surface area (Å²) in [5.41, 5.74) is 6.71. The molecule has 2 aromatic heterocycles. The van der Waals surface area contributed by atoms with Gasteiger partial charge in [0.25, 0.3) is 0 Å². The molecule has 1 unspecified atom stereocenters. The van der Waals surface area contributed by atoms with E-state index in [1.54, 1.807) is 17.9 Å². The van der Waals surface area contributed by atoms with Gasteiger partial charge in [0, 0.05) is 7.05 Å². The monoisotopic (exact) mass is 396 g/mol. The normalized spacial score (nSPS) is 26.4. The van der Waals surface area contributed by atoms with Gasteiger partial charge in [0.05, 0.1) is 18.5 Å². The van der Waals surface area contributed by atoms with Crippen LogP contribution in [0.25, 0.3) is 11.2 Å². The molecule has 5 atom stereocenters. The van der Waals surface area contributed by atoms with Gasteiger partial charge in [-0.05, 0) is 30.3 Å². The van der Waals surface area contributed by atoms with Crippen molar-refractivity contribution >= 4 is 34.7 Å². The molecule has 0 aromatic carbocycles. The number of aliphatic hydroxyl groups excluding tert-OH is 2. The van der Waals surface area contributed by atoms with Gasteiger partial charge in [-0.2, -0.15) is 11.8 Å². The number of aromatic nitrogens is 4. The number of hydrogen-bond donors (Lipinski definition) is 5. The Hall–Kier alpha value is -1.95. The summed E-state index contributed by atoms with van der Waals surface area (Å²) in [6, 6.07) is -1.21. The first-order valence-corrected chi connectivity index (χ1v) is 9.87. The van der Waals surface area contributed by atoms with Crippen molar-refractivity contribution in [1.82, 2.24) is 19.5 Å². The number of anilines is 1. The van der Waals surface area contributed by atoms with E-state index in [0.29, 0.717) is 41.3 Å². The SMILES string of the molecule is CNc1ncnc2c1ncn2[C@@H]1C[C@H](CSCCC(N)C(=O)O)[C@@H](O)[C@H]1O. The lowest BCUT2D eigenvalue weighted by molar-refractivity contribution is -0.138. The number of thioether (sulfide) groups is 1. The zero-order valence-corrected chi connectivity index (χ0v) is 15.7. The number of carboxylic acids is 1. The number of nitrogens with two attached hydrogens (primary N) is 1. The minimum Gasteiger partial charge on any atom is -0.480 e. The average Bonchev–Trinajstić information content (AvgIpc) is 3.20. The van der Waals surface area contributed by atoms with Gasteiger partial charge in [-0.1, -0.05) is 0 Å². The third kappa shape index (κ3) is 4.00. The summed E-state index contributed by atoms with van der Waals surface area (Å²) in [5, 5.41) is 32.7. The number of fused-ring (bicyclic) bond motifs is 1. The van der Waals surface area contributed by atoms with Crippen LogP contribution >= 0.6 is 11.8 Å². The lowest BCUT2D eigenvalue weighted by atomic mass is 10.1. The number of rotatable bonds is 8. The van der Waals surface area contributed by atoms with Crippen LogP contribution in [0, 0.1) is 5.92 Å². The van der Waals surface area contributed by atoms with Crippen LogP contribution in [-0.2, 0) is 4.79 Å². The van der Waals surface area contributed by atoms with Crippen molar-refractivity contribution in [2.24, 2.45) is 11.7 Å². The second-order valence-corrected chi connectivity index (χ2v) is 7.80. The molecule has 1 aliphatic carbocycles. The second kappa shape index (κ2) is 8.38. The van der Waals surface area contributed by atoms with Crippen molar-refractivity contribution in [3.63, 3.8) is 0 Å². The summed E-state index contributed by atoms with van der Waals surface area (Å²) in [6.07, 6.45) is 2.20. The molecule has 0 spiro atoms. The maximum Gasteiger partial charge on any atom is 0.320 e. The molecule has 27 heavy (non-hydrogen) atoms. The summed E-state index contributed by atoms with van der Waals surface area (Å²) in [5.74, 6) is 0.684. The Balaban J connectivity index is 1.66. The molecule has 2 heterocycles. The van der Waals surface area contributed by atoms with Crippen LogP contribution in [0.1, 0.15) is 18.9 Å². The summed E-state index contributed by atoms with van der Waals surface area (Å²) in [6.45, 7) is 0. The molecule has 0 amide bonds. The van der Waals surface area contributed by atoms with E-state index in [9.17, 15) is 15.0 Å². The van der Waals surface area contributed by atoms with Gasteiger partial charge in [-0.15, -0.1) is 0 Å². The molecule has 148 valence electrons. The van der Waals surface area contributed by atoms with Crippen LogP contribution < -0.4 is 11.1 Å². The van der Waals surface area contributed by atoms with Crippen molar-refractivity contribution < 1.29 is 20.1 Å². The number of aliphatic hydroxyl groups is 2. The molecule has 3 rings (SSSR count). The fourth-order valence-corrected chi connectivity index (χ4v) is 4.61. The predicted molar refractivity (Wildman–Crippen MR) is 102 cm³/mol. The van der Waals surface area contributed by atoms with Gasteiger partial charge >= 0.3 is 5.97 Å². The van der Waals surface area contributed by atoms with Crippen LogP contribution in [0.5, 0.6) is 0 Å². The Kier molecular flexibility index (Phi) is 6.15. The number of imidazole rings is 1. The fourth-order valence-electron chi connectivity index (χ4n) is 3.39. The standard InChI is InChI=1S/C16H24N6O4S/c1-18-14-11-15(20-6-19-14)22(7-21-11)10-4-8(12(23)13(10)24)5-27-3-2-9(17)16(25)26/h6-10,12-13,23-24H,2-5,17H2,1H3,(H,25,26)(H,18,19,20)/t8-,9?,10-,12-,13+/m1/s1. The van der Waals surface area contributed by atoms with E-state index in [0.717, 1.165) is 0 Å². The number of hydrogen-bond acceptors (Lipinski definition) is 9. The molecule has 6 N–H and O–H groups in total. The number of nitrogens with one attached hydrogen (secondary N) is 1. The minimum absolute atomic E-state index is 0.112. The van der Waals surface area contributed by atoms with E-state index in [4.69, 9.17) is 10.8 Å². The van der Waals surface area contributed by atoms with Crippen LogP contribution in [0.3, 0.4) is 0 Å². The second-order valence-electron chi connectivity index (χ2n) is 6.65. The summed E-state index contributed by atoms with van der Waals surface area (Å²) in [4.78, 5) is 23.5. The fraction of sp³-hybridized carbons (Fsp3) is 0.625. The van der Waals surface area contributed by atoms with Crippen molar-refractivity contribution in [1.29, 1.82) is 0 Å².